The molecule has 0 rings (SSSR count). The summed E-state index contributed by atoms with van der Waals surface area (Å²) in [5, 5.41) is 4.72. The number of alkyl carbamates (subject to hydrolysis) is 2. The lowest BCUT2D eigenvalue weighted by Gasteiger charge is -2.07. The van der Waals surface area contributed by atoms with Crippen LogP contribution in [-0.2, 0) is 28.5 Å². The van der Waals surface area contributed by atoms with Crippen LogP contribution in [0.5, 0.6) is 0 Å². The highest BCUT2D eigenvalue weighted by Gasteiger charge is 2.08. The Kier molecular flexibility index (Phi) is 27.9. The summed E-state index contributed by atoms with van der Waals surface area (Å²) in [6.07, 6.45) is 8.32. The van der Waals surface area contributed by atoms with Gasteiger partial charge in [-0.05, 0) is 98.7 Å². The van der Waals surface area contributed by atoms with Crippen molar-refractivity contribution in [3.63, 3.8) is 0 Å². The Bertz CT molecular complexity index is 1080. The minimum Gasteiger partial charge on any atom is -0.464 e. The summed E-state index contributed by atoms with van der Waals surface area (Å²) in [6, 6.07) is 0. The van der Waals surface area contributed by atoms with Crippen molar-refractivity contribution in [3.05, 3.63) is 0 Å². The third kappa shape index (κ3) is 30.2. The molecule has 0 aromatic rings. The molecule has 0 aromatic heterocycles. The molecule has 2 N–H and O–H groups in total. The van der Waals surface area contributed by atoms with Crippen LogP contribution >= 0.6 is 0 Å². The first-order valence-corrected chi connectivity index (χ1v) is 15.1. The van der Waals surface area contributed by atoms with E-state index in [-0.39, 0.29) is 26.3 Å². The van der Waals surface area contributed by atoms with Crippen LogP contribution in [0.25, 0.3) is 0 Å². The van der Waals surface area contributed by atoms with Gasteiger partial charge in [0.05, 0.1) is 26.4 Å². The quantitative estimate of drug-likeness (QED) is 0.0908. The average Bonchev–Trinajstić information content (AvgIpc) is 3.01. The lowest BCUT2D eigenvalue weighted by atomic mass is 10.2. The third-order valence-electron chi connectivity index (χ3n) is 5.25. The molecule has 0 unspecified atom stereocenters. The van der Waals surface area contributed by atoms with Crippen LogP contribution in [0.15, 0.2) is 0 Å². The normalized spacial score (nSPS) is 8.86. The smallest absolute Gasteiger partial charge is 0.407 e. The summed E-state index contributed by atoms with van der Waals surface area (Å²) in [5.74, 6) is 26.1. The minimum absolute atomic E-state index is 0.198. The number of rotatable bonds is 20. The van der Waals surface area contributed by atoms with Crippen LogP contribution in [0.1, 0.15) is 90.9 Å². The standard InChI is InChI=1S/C34H44N2O8/c1-3-5-25-41-31(37)29-35-33(39)43-27-23-21-19-17-15-13-11-9-7-8-10-12-14-16-18-20-22-24-28-44-34(40)36-30-32(38)42-26-6-4-2/h3-6,17-30H2,1-2H3,(H,35,39)(H,36,40). The van der Waals surface area contributed by atoms with Crippen LogP contribution in [0.2, 0.25) is 0 Å². The van der Waals surface area contributed by atoms with E-state index in [2.05, 4.69) is 69.8 Å². The first-order chi connectivity index (χ1) is 21.5. The maximum atomic E-state index is 11.5. The first-order valence-electron chi connectivity index (χ1n) is 15.1. The fourth-order valence-electron chi connectivity index (χ4n) is 2.87. The first kappa shape index (κ1) is 39.3. The summed E-state index contributed by atoms with van der Waals surface area (Å²) in [5.41, 5.74) is 0. The molecule has 44 heavy (non-hydrogen) atoms. The molecule has 0 heterocycles. The summed E-state index contributed by atoms with van der Waals surface area (Å²) in [7, 11) is 0. The molecule has 238 valence electrons. The minimum atomic E-state index is -0.635. The van der Waals surface area contributed by atoms with E-state index in [9.17, 15) is 19.2 Å². The van der Waals surface area contributed by atoms with Gasteiger partial charge in [-0.3, -0.25) is 9.59 Å². The third-order valence-corrected chi connectivity index (χ3v) is 5.25. The van der Waals surface area contributed by atoms with Gasteiger partial charge in [0.1, 0.15) is 13.1 Å². The lowest BCUT2D eigenvalue weighted by molar-refractivity contribution is -0.143. The topological polar surface area (TPSA) is 129 Å². The molecular weight excluding hydrogens is 564 g/mol. The van der Waals surface area contributed by atoms with Crippen molar-refractivity contribution in [3.8, 4) is 59.2 Å². The van der Waals surface area contributed by atoms with Crippen LogP contribution in [-0.4, -0.2) is 63.6 Å². The Balaban J connectivity index is 3.74. The molecule has 0 radical (unpaired) electrons. The molecule has 0 saturated carbocycles. The average molecular weight is 609 g/mol. The highest BCUT2D eigenvalue weighted by molar-refractivity contribution is 5.78. The van der Waals surface area contributed by atoms with E-state index in [1.165, 1.54) is 0 Å². The number of hydrogen-bond donors (Lipinski definition) is 2. The Hall–Kier alpha value is -4.72. The van der Waals surface area contributed by atoms with E-state index in [1.807, 2.05) is 13.8 Å². The second kappa shape index (κ2) is 31.2. The molecular formula is C34H44N2O8. The van der Waals surface area contributed by atoms with Crippen LogP contribution in [0.4, 0.5) is 9.59 Å². The molecule has 0 saturated heterocycles. The lowest BCUT2D eigenvalue weighted by Crippen LogP contribution is -2.31. The molecule has 0 spiro atoms. The van der Waals surface area contributed by atoms with Crippen LogP contribution < -0.4 is 10.6 Å². The van der Waals surface area contributed by atoms with Gasteiger partial charge in [0.2, 0.25) is 0 Å². The van der Waals surface area contributed by atoms with Crippen LogP contribution in [0.3, 0.4) is 0 Å². The maximum Gasteiger partial charge on any atom is 0.407 e. The van der Waals surface area contributed by atoms with Gasteiger partial charge in [0.15, 0.2) is 0 Å². The van der Waals surface area contributed by atoms with Crippen molar-refractivity contribution >= 4 is 24.1 Å². The molecule has 0 aliphatic carbocycles. The van der Waals surface area contributed by atoms with Gasteiger partial charge in [-0.2, -0.15) is 0 Å². The zero-order valence-corrected chi connectivity index (χ0v) is 26.0. The molecule has 0 fully saturated rings. The number of amides is 2. The van der Waals surface area contributed by atoms with E-state index in [0.717, 1.165) is 51.4 Å². The van der Waals surface area contributed by atoms with Crippen molar-refractivity contribution in [2.24, 2.45) is 0 Å². The number of carbonyl (C=O) groups is 4. The van der Waals surface area contributed by atoms with Crippen molar-refractivity contribution in [2.45, 2.75) is 90.9 Å². The van der Waals surface area contributed by atoms with E-state index < -0.39 is 24.1 Å². The predicted molar refractivity (Wildman–Crippen MR) is 166 cm³/mol. The molecule has 0 aliphatic heterocycles. The SMILES string of the molecule is CCCCOC(=O)CNC(=O)OCCCCCC#CC#CC#CC#CC#CCCCCCOC(=O)NCC(=O)OCCCC. The van der Waals surface area contributed by atoms with Gasteiger partial charge in [0.25, 0.3) is 0 Å². The van der Waals surface area contributed by atoms with Crippen molar-refractivity contribution < 1.29 is 38.1 Å². The van der Waals surface area contributed by atoms with Gasteiger partial charge >= 0.3 is 24.1 Å². The summed E-state index contributed by atoms with van der Waals surface area (Å²) < 4.78 is 19.9. The van der Waals surface area contributed by atoms with Crippen molar-refractivity contribution in [1.29, 1.82) is 0 Å². The number of carbonyl (C=O) groups excluding carboxylic acids is 4. The summed E-state index contributed by atoms with van der Waals surface area (Å²) in [4.78, 5) is 45.8. The van der Waals surface area contributed by atoms with Gasteiger partial charge in [-0.15, -0.1) is 0 Å². The van der Waals surface area contributed by atoms with E-state index >= 15 is 0 Å². The van der Waals surface area contributed by atoms with Gasteiger partial charge in [-0.1, -0.05) is 38.5 Å². The molecule has 10 nitrogen and oxygen atoms in total. The molecule has 0 atom stereocenters. The highest BCUT2D eigenvalue weighted by atomic mass is 16.6. The number of hydrogen-bond acceptors (Lipinski definition) is 8. The number of ether oxygens (including phenoxy) is 4. The summed E-state index contributed by atoms with van der Waals surface area (Å²) >= 11 is 0. The maximum absolute atomic E-state index is 11.5. The fourth-order valence-corrected chi connectivity index (χ4v) is 2.87. The zero-order chi connectivity index (χ0) is 32.4. The van der Waals surface area contributed by atoms with E-state index in [1.54, 1.807) is 0 Å². The number of nitrogens with one attached hydrogen (secondary N) is 2. The highest BCUT2D eigenvalue weighted by Crippen LogP contribution is 2.00. The van der Waals surface area contributed by atoms with Crippen molar-refractivity contribution in [1.82, 2.24) is 10.6 Å². The van der Waals surface area contributed by atoms with Crippen molar-refractivity contribution in [2.75, 3.05) is 39.5 Å². The Labute approximate surface area is 262 Å². The van der Waals surface area contributed by atoms with E-state index in [0.29, 0.717) is 38.9 Å². The second-order valence-electron chi connectivity index (χ2n) is 9.10. The van der Waals surface area contributed by atoms with Gasteiger partial charge in [0, 0.05) is 12.8 Å². The molecule has 2 amide bonds. The van der Waals surface area contributed by atoms with E-state index in [4.69, 9.17) is 18.9 Å². The Morgan fingerprint density at radius 3 is 1.20 bits per heavy atom. The zero-order valence-electron chi connectivity index (χ0n) is 26.0. The Morgan fingerprint density at radius 2 is 0.818 bits per heavy atom. The number of esters is 2. The predicted octanol–water partition coefficient (Wildman–Crippen LogP) is 4.26. The van der Waals surface area contributed by atoms with Gasteiger partial charge in [-0.25, -0.2) is 9.59 Å². The number of unbranched alkanes of at least 4 members (excludes halogenated alkanes) is 8. The largest absolute Gasteiger partial charge is 0.464 e. The molecule has 10 heteroatoms. The Morgan fingerprint density at radius 1 is 0.455 bits per heavy atom. The molecule has 0 aromatic carbocycles. The second-order valence-corrected chi connectivity index (χ2v) is 9.10. The monoisotopic (exact) mass is 608 g/mol. The molecule has 0 bridgehead atoms. The molecule has 0 aliphatic rings. The summed E-state index contributed by atoms with van der Waals surface area (Å²) in [6.45, 7) is 4.85. The van der Waals surface area contributed by atoms with Crippen LogP contribution in [0, 0.1) is 59.2 Å². The van der Waals surface area contributed by atoms with Gasteiger partial charge < -0.3 is 29.6 Å². The fraction of sp³-hybridized carbons (Fsp3) is 0.588.